The number of carbonyl (C=O) groups is 1. The monoisotopic (exact) mass is 295 g/mol. The highest BCUT2D eigenvalue weighted by Gasteiger charge is 2.21. The lowest BCUT2D eigenvalue weighted by molar-refractivity contribution is 0.0698. The van der Waals surface area contributed by atoms with Crippen LogP contribution in [0, 0.1) is 5.82 Å². The molecule has 2 rings (SSSR count). The van der Waals surface area contributed by atoms with Crippen LogP contribution in [0.25, 0.3) is 0 Å². The summed E-state index contributed by atoms with van der Waals surface area (Å²) in [5.41, 5.74) is -0.337. The Balaban J connectivity index is 2.45. The topological polar surface area (TPSA) is 83.5 Å². The summed E-state index contributed by atoms with van der Waals surface area (Å²) in [4.78, 5) is 10.5. The summed E-state index contributed by atoms with van der Waals surface area (Å²) in [6, 6.07) is 10.3. The van der Waals surface area contributed by atoms with E-state index >= 15 is 0 Å². The van der Waals surface area contributed by atoms with Crippen LogP contribution < -0.4 is 4.72 Å². The van der Waals surface area contributed by atoms with Crippen molar-refractivity contribution in [3.63, 3.8) is 0 Å². The molecule has 2 aromatic rings. The third-order valence-corrected chi connectivity index (χ3v) is 3.93. The molecule has 0 saturated heterocycles. The van der Waals surface area contributed by atoms with E-state index in [4.69, 9.17) is 5.11 Å². The molecule has 0 aromatic heterocycles. The van der Waals surface area contributed by atoms with Gasteiger partial charge in [-0.15, -0.1) is 0 Å². The predicted molar refractivity (Wildman–Crippen MR) is 70.6 cm³/mol. The quantitative estimate of drug-likeness (QED) is 0.906. The Kier molecular flexibility index (Phi) is 3.71. The van der Waals surface area contributed by atoms with Crippen LogP contribution in [-0.4, -0.2) is 19.5 Å². The Morgan fingerprint density at radius 3 is 2.30 bits per heavy atom. The van der Waals surface area contributed by atoms with Gasteiger partial charge in [-0.1, -0.05) is 24.3 Å². The van der Waals surface area contributed by atoms with Crippen molar-refractivity contribution < 1.29 is 22.7 Å². The van der Waals surface area contributed by atoms with Crippen LogP contribution in [0.3, 0.4) is 0 Å². The molecule has 0 fully saturated rings. The number of carboxylic acids is 1. The van der Waals surface area contributed by atoms with Gasteiger partial charge in [-0.05, 0) is 24.3 Å². The molecule has 2 N–H and O–H groups in total. The third kappa shape index (κ3) is 2.77. The maximum Gasteiger partial charge on any atom is 0.337 e. The number of carboxylic acid groups (broad SMARTS) is 1. The average molecular weight is 295 g/mol. The van der Waals surface area contributed by atoms with E-state index in [1.165, 1.54) is 36.4 Å². The van der Waals surface area contributed by atoms with Crippen molar-refractivity contribution in [2.75, 3.05) is 4.72 Å². The molecule has 0 aliphatic heterocycles. The zero-order valence-electron chi connectivity index (χ0n) is 10.1. The minimum Gasteiger partial charge on any atom is -0.478 e. The predicted octanol–water partition coefficient (Wildman–Crippen LogP) is 2.32. The minimum atomic E-state index is -4.19. The summed E-state index contributed by atoms with van der Waals surface area (Å²) in [6.07, 6.45) is 0. The van der Waals surface area contributed by atoms with E-state index in [1.54, 1.807) is 0 Å². The number of halogens is 1. The summed E-state index contributed by atoms with van der Waals surface area (Å²) in [7, 11) is -4.19. The Hall–Kier alpha value is -2.41. The molecule has 0 heterocycles. The number of para-hydroxylation sites is 1. The van der Waals surface area contributed by atoms with Crippen LogP contribution in [0.4, 0.5) is 10.1 Å². The van der Waals surface area contributed by atoms with Gasteiger partial charge in [0.15, 0.2) is 0 Å². The zero-order chi connectivity index (χ0) is 14.8. The molecule has 5 nitrogen and oxygen atoms in total. The van der Waals surface area contributed by atoms with Crippen LogP contribution in [0.5, 0.6) is 0 Å². The number of benzene rings is 2. The van der Waals surface area contributed by atoms with Gasteiger partial charge in [0.2, 0.25) is 0 Å². The van der Waals surface area contributed by atoms with Crippen molar-refractivity contribution in [3.05, 3.63) is 59.9 Å². The Morgan fingerprint density at radius 2 is 1.65 bits per heavy atom. The van der Waals surface area contributed by atoms with E-state index < -0.39 is 26.7 Å². The fourth-order valence-electron chi connectivity index (χ4n) is 1.62. The second-order valence-electron chi connectivity index (χ2n) is 3.89. The van der Waals surface area contributed by atoms with Gasteiger partial charge in [-0.2, -0.15) is 0 Å². The largest absolute Gasteiger partial charge is 0.478 e. The van der Waals surface area contributed by atoms with Crippen molar-refractivity contribution in [2.24, 2.45) is 0 Å². The molecule has 20 heavy (non-hydrogen) atoms. The molecule has 0 amide bonds. The van der Waals surface area contributed by atoms with Crippen molar-refractivity contribution in [1.82, 2.24) is 0 Å². The second kappa shape index (κ2) is 5.30. The van der Waals surface area contributed by atoms with Gasteiger partial charge in [0.1, 0.15) is 10.7 Å². The maximum absolute atomic E-state index is 13.5. The Labute approximate surface area is 114 Å². The molecule has 0 aliphatic carbocycles. The first-order valence-electron chi connectivity index (χ1n) is 5.51. The Morgan fingerprint density at radius 1 is 1.05 bits per heavy atom. The number of anilines is 1. The van der Waals surface area contributed by atoms with Gasteiger partial charge in [0, 0.05) is 0 Å². The van der Waals surface area contributed by atoms with E-state index in [9.17, 15) is 17.6 Å². The lowest BCUT2D eigenvalue weighted by atomic mass is 10.2. The molecule has 0 spiro atoms. The highest BCUT2D eigenvalue weighted by molar-refractivity contribution is 7.92. The summed E-state index contributed by atoms with van der Waals surface area (Å²) in [6.45, 7) is 0. The van der Waals surface area contributed by atoms with E-state index in [0.29, 0.717) is 0 Å². The number of hydrogen-bond acceptors (Lipinski definition) is 3. The van der Waals surface area contributed by atoms with Crippen molar-refractivity contribution in [3.8, 4) is 0 Å². The van der Waals surface area contributed by atoms with Gasteiger partial charge in [-0.25, -0.2) is 17.6 Å². The normalized spacial score (nSPS) is 11.1. The van der Waals surface area contributed by atoms with Crippen molar-refractivity contribution >= 4 is 21.7 Å². The number of aromatic carboxylic acids is 1. The molecule has 0 bridgehead atoms. The van der Waals surface area contributed by atoms with Crippen molar-refractivity contribution in [2.45, 2.75) is 4.90 Å². The number of rotatable bonds is 4. The highest BCUT2D eigenvalue weighted by atomic mass is 32.2. The van der Waals surface area contributed by atoms with Gasteiger partial charge < -0.3 is 5.11 Å². The van der Waals surface area contributed by atoms with Crippen molar-refractivity contribution in [1.29, 1.82) is 0 Å². The van der Waals surface area contributed by atoms with E-state index in [1.807, 2.05) is 0 Å². The molecular weight excluding hydrogens is 285 g/mol. The first-order chi connectivity index (χ1) is 9.42. The van der Waals surface area contributed by atoms with Gasteiger partial charge >= 0.3 is 5.97 Å². The highest BCUT2D eigenvalue weighted by Crippen LogP contribution is 2.21. The summed E-state index contributed by atoms with van der Waals surface area (Å²) in [5, 5.41) is 8.98. The van der Waals surface area contributed by atoms with E-state index in [2.05, 4.69) is 4.72 Å². The summed E-state index contributed by atoms with van der Waals surface area (Å²) in [5.74, 6) is -2.19. The number of hydrogen-bond donors (Lipinski definition) is 2. The average Bonchev–Trinajstić information content (AvgIpc) is 2.39. The van der Waals surface area contributed by atoms with E-state index in [-0.39, 0.29) is 11.3 Å². The lowest BCUT2D eigenvalue weighted by Gasteiger charge is -2.10. The molecule has 2 aromatic carbocycles. The maximum atomic E-state index is 13.5. The smallest absolute Gasteiger partial charge is 0.337 e. The molecule has 0 atom stereocenters. The lowest BCUT2D eigenvalue weighted by Crippen LogP contribution is -2.16. The third-order valence-electron chi connectivity index (χ3n) is 2.53. The SMILES string of the molecule is O=C(O)c1ccccc1NS(=O)(=O)c1ccccc1F. The van der Waals surface area contributed by atoms with Crippen LogP contribution in [-0.2, 0) is 10.0 Å². The summed E-state index contributed by atoms with van der Waals surface area (Å²) >= 11 is 0. The number of nitrogens with one attached hydrogen (secondary N) is 1. The van der Waals surface area contributed by atoms with Gasteiger partial charge in [0.05, 0.1) is 11.3 Å². The minimum absolute atomic E-state index is 0.122. The molecule has 0 radical (unpaired) electrons. The summed E-state index contributed by atoms with van der Waals surface area (Å²) < 4.78 is 39.7. The number of sulfonamides is 1. The molecule has 0 aliphatic rings. The fraction of sp³-hybridized carbons (Fsp3) is 0. The van der Waals surface area contributed by atoms with Crippen LogP contribution in [0.1, 0.15) is 10.4 Å². The molecular formula is C13H10FNO4S. The first kappa shape index (κ1) is 14.0. The van der Waals surface area contributed by atoms with Crippen LogP contribution in [0.15, 0.2) is 53.4 Å². The molecule has 7 heteroatoms. The molecule has 0 saturated carbocycles. The standard InChI is InChI=1S/C13H10FNO4S/c14-10-6-2-4-8-12(10)20(18,19)15-11-7-3-1-5-9(11)13(16)17/h1-8,15H,(H,16,17). The van der Waals surface area contributed by atoms with Gasteiger partial charge in [-0.3, -0.25) is 4.72 Å². The van der Waals surface area contributed by atoms with E-state index in [0.717, 1.165) is 12.1 Å². The zero-order valence-corrected chi connectivity index (χ0v) is 10.9. The van der Waals surface area contributed by atoms with Crippen LogP contribution in [0.2, 0.25) is 0 Å². The molecule has 104 valence electrons. The first-order valence-corrected chi connectivity index (χ1v) is 7.00. The molecule has 0 unspecified atom stereocenters. The second-order valence-corrected chi connectivity index (χ2v) is 5.54. The van der Waals surface area contributed by atoms with Crippen LogP contribution >= 0.6 is 0 Å². The van der Waals surface area contributed by atoms with Gasteiger partial charge in [0.25, 0.3) is 10.0 Å². The Bertz CT molecular complexity index is 758. The fourth-order valence-corrected chi connectivity index (χ4v) is 2.78.